The number of rotatable bonds is 9. The Morgan fingerprint density at radius 3 is 2.14 bits per heavy atom. The second kappa shape index (κ2) is 9.28. The third-order valence-electron chi connectivity index (χ3n) is 2.37. The Morgan fingerprint density at radius 2 is 1.64 bits per heavy atom. The van der Waals surface area contributed by atoms with Gasteiger partial charge in [0.1, 0.15) is 12.6 Å². The van der Waals surface area contributed by atoms with Crippen LogP contribution in [0.25, 0.3) is 0 Å². The molecular weight excluding hydrogens is 298 g/mol. The highest BCUT2D eigenvalue weighted by atomic mass is 16.4. The molecule has 0 aromatic carbocycles. The fourth-order valence-electron chi connectivity index (χ4n) is 1.25. The minimum Gasteiger partial charge on any atom is -0.480 e. The predicted octanol–water partition coefficient (Wildman–Crippen LogP) is -3.99. The molecule has 22 heavy (non-hydrogen) atoms. The van der Waals surface area contributed by atoms with Gasteiger partial charge >= 0.3 is 5.97 Å². The number of nitrogens with two attached hydrogens (primary N) is 2. The third kappa shape index (κ3) is 8.47. The number of carboxylic acids is 1. The summed E-state index contributed by atoms with van der Waals surface area (Å²) in [5, 5.41) is 14.8. The molecule has 0 rings (SSSR count). The summed E-state index contributed by atoms with van der Waals surface area (Å²) in [6.45, 7) is 0.335. The van der Waals surface area contributed by atoms with Crippen molar-refractivity contribution in [3.05, 3.63) is 0 Å². The van der Waals surface area contributed by atoms with E-state index in [1.807, 2.05) is 5.32 Å². The first kappa shape index (κ1) is 19.3. The third-order valence-corrected chi connectivity index (χ3v) is 2.37. The van der Waals surface area contributed by atoms with Crippen LogP contribution in [0.5, 0.6) is 0 Å². The summed E-state index contributed by atoms with van der Waals surface area (Å²) in [6.07, 6.45) is -0.363. The van der Waals surface area contributed by atoms with E-state index in [1.165, 1.54) is 6.92 Å². The van der Waals surface area contributed by atoms with Gasteiger partial charge in [-0.3, -0.25) is 24.0 Å². The number of amides is 4. The highest BCUT2D eigenvalue weighted by Gasteiger charge is 2.21. The molecule has 0 aliphatic carbocycles. The van der Waals surface area contributed by atoms with E-state index in [9.17, 15) is 24.0 Å². The van der Waals surface area contributed by atoms with Gasteiger partial charge < -0.3 is 32.5 Å². The molecule has 0 saturated carbocycles. The number of carbonyl (C=O) groups is 5. The molecule has 124 valence electrons. The quantitative estimate of drug-likeness (QED) is 0.249. The zero-order valence-corrected chi connectivity index (χ0v) is 11.9. The van der Waals surface area contributed by atoms with Crippen molar-refractivity contribution in [2.45, 2.75) is 25.4 Å². The molecule has 8 N–H and O–H groups in total. The second-order valence-electron chi connectivity index (χ2n) is 4.40. The van der Waals surface area contributed by atoms with Crippen molar-refractivity contribution in [1.82, 2.24) is 16.0 Å². The lowest BCUT2D eigenvalue weighted by molar-refractivity contribution is -0.138. The maximum atomic E-state index is 11.6. The van der Waals surface area contributed by atoms with Crippen LogP contribution in [0.3, 0.4) is 0 Å². The maximum Gasteiger partial charge on any atom is 0.322 e. The fourth-order valence-corrected chi connectivity index (χ4v) is 1.25. The topological polar surface area (TPSA) is 194 Å². The molecule has 0 aromatic rings. The molecule has 4 amide bonds. The van der Waals surface area contributed by atoms with Gasteiger partial charge in [0.2, 0.25) is 23.6 Å². The Kier molecular flexibility index (Phi) is 8.15. The minimum absolute atomic E-state index is 0.363. The number of hydrogen-bond acceptors (Lipinski definition) is 6. The molecule has 0 saturated heterocycles. The summed E-state index contributed by atoms with van der Waals surface area (Å²) in [4.78, 5) is 55.2. The zero-order chi connectivity index (χ0) is 17.3. The van der Waals surface area contributed by atoms with Crippen LogP contribution < -0.4 is 27.4 Å². The monoisotopic (exact) mass is 317 g/mol. The van der Waals surface area contributed by atoms with E-state index in [1.54, 1.807) is 0 Å². The van der Waals surface area contributed by atoms with Crippen molar-refractivity contribution in [1.29, 1.82) is 0 Å². The molecule has 11 heteroatoms. The second-order valence-corrected chi connectivity index (χ2v) is 4.40. The van der Waals surface area contributed by atoms with Gasteiger partial charge in [0, 0.05) is 0 Å². The summed E-state index contributed by atoms with van der Waals surface area (Å²) in [5.41, 5.74) is 10.3. The van der Waals surface area contributed by atoms with Crippen LogP contribution in [-0.4, -0.2) is 59.9 Å². The van der Waals surface area contributed by atoms with Crippen molar-refractivity contribution >= 4 is 29.6 Å². The van der Waals surface area contributed by atoms with Crippen molar-refractivity contribution in [3.8, 4) is 0 Å². The molecule has 0 aromatic heterocycles. The smallest absolute Gasteiger partial charge is 0.322 e. The van der Waals surface area contributed by atoms with Gasteiger partial charge in [0.25, 0.3) is 0 Å². The van der Waals surface area contributed by atoms with Crippen LogP contribution in [0.1, 0.15) is 13.3 Å². The van der Waals surface area contributed by atoms with Crippen LogP contribution in [0, 0.1) is 0 Å². The summed E-state index contributed by atoms with van der Waals surface area (Å²) < 4.78 is 0. The van der Waals surface area contributed by atoms with Gasteiger partial charge in [0.15, 0.2) is 0 Å². The van der Waals surface area contributed by atoms with E-state index >= 15 is 0 Å². The summed E-state index contributed by atoms with van der Waals surface area (Å²) in [7, 11) is 0. The Balaban J connectivity index is 4.16. The largest absolute Gasteiger partial charge is 0.480 e. The first-order valence-corrected chi connectivity index (χ1v) is 6.24. The molecule has 0 aliphatic rings. The van der Waals surface area contributed by atoms with Gasteiger partial charge in [-0.2, -0.15) is 0 Å². The molecule has 0 aliphatic heterocycles. The lowest BCUT2D eigenvalue weighted by Gasteiger charge is -2.16. The Bertz CT molecular complexity index is 466. The molecule has 2 unspecified atom stereocenters. The van der Waals surface area contributed by atoms with Crippen LogP contribution in [0.15, 0.2) is 0 Å². The van der Waals surface area contributed by atoms with Gasteiger partial charge in [-0.05, 0) is 6.92 Å². The highest BCUT2D eigenvalue weighted by Crippen LogP contribution is 1.90. The normalized spacial score (nSPS) is 12.6. The molecule has 0 spiro atoms. The van der Waals surface area contributed by atoms with E-state index in [4.69, 9.17) is 16.6 Å². The van der Waals surface area contributed by atoms with Crippen molar-refractivity contribution in [2.24, 2.45) is 11.5 Å². The number of carboxylic acid groups (broad SMARTS) is 1. The predicted molar refractivity (Wildman–Crippen MR) is 73.0 cm³/mol. The maximum absolute atomic E-state index is 11.6. The number of primary amides is 1. The average Bonchev–Trinajstić information content (AvgIpc) is 2.41. The first-order chi connectivity index (χ1) is 10.1. The minimum atomic E-state index is -1.22. The molecule has 0 radical (unpaired) electrons. The SMILES string of the molecule is CC(NC(=O)C(N)CC(N)=O)C(=O)NCC(=O)NCC(=O)O. The van der Waals surface area contributed by atoms with Crippen LogP contribution in [0.4, 0.5) is 0 Å². The van der Waals surface area contributed by atoms with Gasteiger partial charge in [-0.25, -0.2) is 0 Å². The van der Waals surface area contributed by atoms with Crippen molar-refractivity contribution in [2.75, 3.05) is 13.1 Å². The van der Waals surface area contributed by atoms with Crippen molar-refractivity contribution in [3.63, 3.8) is 0 Å². The summed E-state index contributed by atoms with van der Waals surface area (Å²) in [6, 6.07) is -2.18. The Hall–Kier alpha value is -2.69. The lowest BCUT2D eigenvalue weighted by atomic mass is 10.2. The highest BCUT2D eigenvalue weighted by molar-refractivity contribution is 5.93. The van der Waals surface area contributed by atoms with Gasteiger partial charge in [0.05, 0.1) is 19.0 Å². The molecule has 0 heterocycles. The fraction of sp³-hybridized carbons (Fsp3) is 0.545. The van der Waals surface area contributed by atoms with E-state index in [0.717, 1.165) is 0 Å². The number of aliphatic carboxylic acids is 1. The van der Waals surface area contributed by atoms with Crippen LogP contribution in [-0.2, 0) is 24.0 Å². The lowest BCUT2D eigenvalue weighted by Crippen LogP contribution is -2.52. The molecule has 2 atom stereocenters. The van der Waals surface area contributed by atoms with Gasteiger partial charge in [-0.1, -0.05) is 0 Å². The number of nitrogens with one attached hydrogen (secondary N) is 3. The van der Waals surface area contributed by atoms with Crippen LogP contribution in [0.2, 0.25) is 0 Å². The summed E-state index contributed by atoms with van der Waals surface area (Å²) in [5.74, 6) is -4.08. The number of hydrogen-bond donors (Lipinski definition) is 6. The molecule has 11 nitrogen and oxygen atoms in total. The van der Waals surface area contributed by atoms with E-state index in [-0.39, 0.29) is 6.42 Å². The molecular formula is C11H19N5O6. The Labute approximate surface area is 125 Å². The van der Waals surface area contributed by atoms with E-state index in [0.29, 0.717) is 0 Å². The standard InChI is InChI=1S/C11H19N5O6/c1-5(16-11(22)6(12)2-7(13)17)10(21)15-3-8(18)14-4-9(19)20/h5-6H,2-4,12H2,1H3,(H2,13,17)(H,14,18)(H,15,21)(H,16,22)(H,19,20). The Morgan fingerprint density at radius 1 is 1.05 bits per heavy atom. The van der Waals surface area contributed by atoms with Crippen LogP contribution >= 0.6 is 0 Å². The first-order valence-electron chi connectivity index (χ1n) is 6.24. The summed E-state index contributed by atoms with van der Waals surface area (Å²) >= 11 is 0. The van der Waals surface area contributed by atoms with E-state index in [2.05, 4.69) is 10.6 Å². The molecule has 0 bridgehead atoms. The van der Waals surface area contributed by atoms with Crippen molar-refractivity contribution < 1.29 is 29.1 Å². The molecule has 0 fully saturated rings. The van der Waals surface area contributed by atoms with Gasteiger partial charge in [-0.15, -0.1) is 0 Å². The zero-order valence-electron chi connectivity index (χ0n) is 11.9. The average molecular weight is 317 g/mol. The van der Waals surface area contributed by atoms with E-state index < -0.39 is 54.8 Å². The number of carbonyl (C=O) groups excluding carboxylic acids is 4.